The van der Waals surface area contributed by atoms with Crippen LogP contribution in [0.5, 0.6) is 0 Å². The van der Waals surface area contributed by atoms with Crippen LogP contribution in [0.25, 0.3) is 5.69 Å². The maximum Gasteiger partial charge on any atom is 0.417 e. The third-order valence-electron chi connectivity index (χ3n) is 4.27. The van der Waals surface area contributed by atoms with Crippen molar-refractivity contribution in [2.75, 3.05) is 0 Å². The largest absolute Gasteiger partial charge is 0.417 e. The molecule has 3 heterocycles. The summed E-state index contributed by atoms with van der Waals surface area (Å²) in [5.41, 5.74) is -0.945. The van der Waals surface area contributed by atoms with Crippen LogP contribution in [-0.2, 0) is 6.18 Å². The van der Waals surface area contributed by atoms with Crippen molar-refractivity contribution in [2.45, 2.75) is 19.1 Å². The summed E-state index contributed by atoms with van der Waals surface area (Å²) in [5, 5.41) is -0.558. The SMILES string of the molecule is CC1N=C(c2ncccc2F)c2c(ccc(C(F)(F)F)c2Cl)-n2ccnc21. The summed E-state index contributed by atoms with van der Waals surface area (Å²) in [6.07, 6.45) is -0.212. The smallest absolute Gasteiger partial charge is 0.301 e. The first kappa shape index (κ1) is 17.7. The number of aromatic nitrogens is 3. The van der Waals surface area contributed by atoms with Gasteiger partial charge in [0.25, 0.3) is 0 Å². The van der Waals surface area contributed by atoms with Gasteiger partial charge in [-0.05, 0) is 31.2 Å². The summed E-state index contributed by atoms with van der Waals surface area (Å²) < 4.78 is 56.2. The number of imidazole rings is 1. The highest BCUT2D eigenvalue weighted by Gasteiger charge is 2.37. The Bertz CT molecular complexity index is 1070. The molecule has 2 aromatic heterocycles. The van der Waals surface area contributed by atoms with Crippen molar-refractivity contribution < 1.29 is 17.6 Å². The van der Waals surface area contributed by atoms with Crippen LogP contribution in [0.4, 0.5) is 17.6 Å². The van der Waals surface area contributed by atoms with Crippen LogP contribution < -0.4 is 0 Å². The van der Waals surface area contributed by atoms with E-state index in [-0.39, 0.29) is 17.0 Å². The summed E-state index contributed by atoms with van der Waals surface area (Å²) in [4.78, 5) is 12.6. The van der Waals surface area contributed by atoms with Gasteiger partial charge in [0.1, 0.15) is 17.6 Å². The minimum atomic E-state index is -4.67. The molecule has 0 saturated carbocycles. The van der Waals surface area contributed by atoms with Crippen molar-refractivity contribution >= 4 is 17.3 Å². The number of rotatable bonds is 1. The number of fused-ring (bicyclic) bond motifs is 3. The van der Waals surface area contributed by atoms with E-state index < -0.39 is 28.6 Å². The number of alkyl halides is 3. The zero-order valence-electron chi connectivity index (χ0n) is 13.8. The third-order valence-corrected chi connectivity index (χ3v) is 4.66. The van der Waals surface area contributed by atoms with Crippen molar-refractivity contribution in [3.8, 4) is 5.69 Å². The molecule has 138 valence electrons. The van der Waals surface area contributed by atoms with Gasteiger partial charge in [-0.15, -0.1) is 0 Å². The predicted octanol–water partition coefficient (Wildman–Crippen LogP) is 4.99. The molecule has 27 heavy (non-hydrogen) atoms. The minimum Gasteiger partial charge on any atom is -0.301 e. The van der Waals surface area contributed by atoms with Crippen LogP contribution in [0.15, 0.2) is 47.8 Å². The van der Waals surface area contributed by atoms with Gasteiger partial charge in [-0.3, -0.25) is 9.98 Å². The normalized spacial score (nSPS) is 16.4. The highest BCUT2D eigenvalue weighted by Crippen LogP contribution is 2.41. The lowest BCUT2D eigenvalue weighted by molar-refractivity contribution is -0.137. The topological polar surface area (TPSA) is 43.1 Å². The Morgan fingerprint density at radius 1 is 1.11 bits per heavy atom. The molecule has 3 aromatic rings. The number of aliphatic imine (C=N–C) groups is 1. The maximum absolute atomic E-state index is 14.4. The Balaban J connectivity index is 2.11. The summed E-state index contributed by atoms with van der Waals surface area (Å²) in [6, 6.07) is 4.19. The monoisotopic (exact) mass is 394 g/mol. The van der Waals surface area contributed by atoms with Gasteiger partial charge in [0.15, 0.2) is 5.82 Å². The fourth-order valence-electron chi connectivity index (χ4n) is 3.09. The Morgan fingerprint density at radius 3 is 2.59 bits per heavy atom. The second-order valence-electron chi connectivity index (χ2n) is 5.96. The molecule has 4 rings (SSSR count). The lowest BCUT2D eigenvalue weighted by atomic mass is 10.0. The van der Waals surface area contributed by atoms with Gasteiger partial charge in [-0.2, -0.15) is 13.2 Å². The number of hydrogen-bond donors (Lipinski definition) is 0. The van der Waals surface area contributed by atoms with Gasteiger partial charge >= 0.3 is 6.18 Å². The van der Waals surface area contributed by atoms with Gasteiger partial charge < -0.3 is 4.57 Å². The second kappa shape index (κ2) is 6.16. The summed E-state index contributed by atoms with van der Waals surface area (Å²) >= 11 is 6.18. The lowest BCUT2D eigenvalue weighted by Crippen LogP contribution is -2.15. The first-order valence-corrected chi connectivity index (χ1v) is 8.29. The zero-order chi connectivity index (χ0) is 19.3. The van der Waals surface area contributed by atoms with Crippen molar-refractivity contribution in [1.82, 2.24) is 14.5 Å². The molecule has 0 radical (unpaired) electrons. The number of pyridine rings is 1. The average molecular weight is 395 g/mol. The van der Waals surface area contributed by atoms with Crippen molar-refractivity contribution in [1.29, 1.82) is 0 Å². The quantitative estimate of drug-likeness (QED) is 0.546. The molecular formula is C18H11ClF4N4. The van der Waals surface area contributed by atoms with Crippen molar-refractivity contribution in [2.24, 2.45) is 4.99 Å². The van der Waals surface area contributed by atoms with E-state index in [1.54, 1.807) is 17.7 Å². The van der Waals surface area contributed by atoms with E-state index >= 15 is 0 Å². The highest BCUT2D eigenvalue weighted by atomic mass is 35.5. The molecule has 0 spiro atoms. The molecule has 1 atom stereocenters. The fraction of sp³-hybridized carbons (Fsp3) is 0.167. The van der Waals surface area contributed by atoms with E-state index in [9.17, 15) is 17.6 Å². The van der Waals surface area contributed by atoms with Crippen LogP contribution in [0.2, 0.25) is 5.02 Å². The van der Waals surface area contributed by atoms with Gasteiger partial charge in [0.05, 0.1) is 22.0 Å². The Kier molecular flexibility index (Phi) is 4.03. The van der Waals surface area contributed by atoms with Crippen LogP contribution in [-0.4, -0.2) is 20.2 Å². The molecule has 0 bridgehead atoms. The minimum absolute atomic E-state index is 0.0345. The summed E-state index contributed by atoms with van der Waals surface area (Å²) in [5.74, 6) is -0.208. The van der Waals surface area contributed by atoms with E-state index in [0.717, 1.165) is 6.07 Å². The Morgan fingerprint density at radius 2 is 1.89 bits per heavy atom. The standard InChI is InChI=1S/C18H11ClF4N4/c1-9-17-25-7-8-27(17)12-5-4-10(18(21,22)23)14(19)13(12)16(26-9)15-11(20)3-2-6-24-15/h2-9H,1H3. The van der Waals surface area contributed by atoms with Crippen molar-refractivity contribution in [3.05, 3.63) is 76.3 Å². The molecule has 0 N–H and O–H groups in total. The molecule has 0 saturated heterocycles. The Hall–Kier alpha value is -2.74. The van der Waals surface area contributed by atoms with Crippen LogP contribution >= 0.6 is 11.6 Å². The molecule has 9 heteroatoms. The maximum atomic E-state index is 14.4. The average Bonchev–Trinajstić information content (AvgIpc) is 3.05. The summed E-state index contributed by atoms with van der Waals surface area (Å²) in [6.45, 7) is 1.71. The summed E-state index contributed by atoms with van der Waals surface area (Å²) in [7, 11) is 0. The molecule has 1 aliphatic rings. The van der Waals surface area contributed by atoms with Crippen LogP contribution in [0.3, 0.4) is 0 Å². The Labute approximate surface area is 156 Å². The van der Waals surface area contributed by atoms with E-state index in [4.69, 9.17) is 11.6 Å². The molecule has 1 unspecified atom stereocenters. The van der Waals surface area contributed by atoms with Gasteiger partial charge in [0, 0.05) is 24.2 Å². The number of hydrogen-bond acceptors (Lipinski definition) is 3. The van der Waals surface area contributed by atoms with Gasteiger partial charge in [-0.1, -0.05) is 11.6 Å². The second-order valence-corrected chi connectivity index (χ2v) is 6.34. The lowest BCUT2D eigenvalue weighted by Gasteiger charge is -2.17. The molecule has 1 aromatic carbocycles. The van der Waals surface area contributed by atoms with E-state index in [0.29, 0.717) is 11.5 Å². The molecular weight excluding hydrogens is 384 g/mol. The van der Waals surface area contributed by atoms with Gasteiger partial charge in [-0.25, -0.2) is 9.37 Å². The number of halogens is 5. The number of nitrogens with zero attached hydrogens (tertiary/aromatic N) is 4. The van der Waals surface area contributed by atoms with E-state index in [1.807, 2.05) is 0 Å². The first-order valence-electron chi connectivity index (χ1n) is 7.91. The predicted molar refractivity (Wildman–Crippen MR) is 91.8 cm³/mol. The molecule has 0 aliphatic carbocycles. The highest BCUT2D eigenvalue weighted by molar-refractivity contribution is 6.37. The van der Waals surface area contributed by atoms with Gasteiger partial charge in [0.2, 0.25) is 0 Å². The van der Waals surface area contributed by atoms with E-state index in [2.05, 4.69) is 15.0 Å². The fourth-order valence-corrected chi connectivity index (χ4v) is 3.45. The molecule has 0 amide bonds. The molecule has 0 fully saturated rings. The van der Waals surface area contributed by atoms with Crippen molar-refractivity contribution in [3.63, 3.8) is 0 Å². The molecule has 1 aliphatic heterocycles. The third kappa shape index (κ3) is 2.80. The number of benzene rings is 1. The van der Waals surface area contributed by atoms with Crippen LogP contribution in [0.1, 0.15) is 35.6 Å². The van der Waals surface area contributed by atoms with Crippen LogP contribution in [0, 0.1) is 5.82 Å². The van der Waals surface area contributed by atoms with E-state index in [1.165, 1.54) is 30.6 Å². The zero-order valence-corrected chi connectivity index (χ0v) is 14.6. The molecule has 4 nitrogen and oxygen atoms in total. The first-order chi connectivity index (χ1) is 12.8.